The Balaban J connectivity index is 1.68. The molecule has 3 aromatic carbocycles. The van der Waals surface area contributed by atoms with Crippen LogP contribution >= 0.6 is 23.2 Å². The van der Waals surface area contributed by atoms with Crippen molar-refractivity contribution in [2.75, 3.05) is 4.90 Å². The summed E-state index contributed by atoms with van der Waals surface area (Å²) in [7, 11) is 0. The first-order valence-corrected chi connectivity index (χ1v) is 9.58. The molecule has 0 radical (unpaired) electrons. The minimum Gasteiger partial charge on any atom is -0.309 e. The van der Waals surface area contributed by atoms with E-state index in [4.69, 9.17) is 23.2 Å². The lowest BCUT2D eigenvalue weighted by molar-refractivity contribution is 0.0630. The second-order valence-electron chi connectivity index (χ2n) is 6.82. The van der Waals surface area contributed by atoms with E-state index in [-0.39, 0.29) is 18.4 Å². The van der Waals surface area contributed by atoms with Crippen LogP contribution < -0.4 is 4.90 Å². The summed E-state index contributed by atoms with van der Waals surface area (Å²) in [6, 6.07) is 19.8. The Labute approximate surface area is 171 Å². The van der Waals surface area contributed by atoms with Crippen molar-refractivity contribution in [3.8, 4) is 0 Å². The van der Waals surface area contributed by atoms with Crippen molar-refractivity contribution >= 4 is 40.7 Å². The number of carbonyl (C=O) groups is 2. The van der Waals surface area contributed by atoms with Crippen LogP contribution in [0.25, 0.3) is 0 Å². The van der Waals surface area contributed by atoms with Gasteiger partial charge in [-0.05, 0) is 35.9 Å². The molecule has 2 aliphatic heterocycles. The molecule has 0 bridgehead atoms. The van der Waals surface area contributed by atoms with Gasteiger partial charge in [-0.3, -0.25) is 14.5 Å². The molecule has 2 amide bonds. The summed E-state index contributed by atoms with van der Waals surface area (Å²) >= 11 is 12.4. The van der Waals surface area contributed by atoms with E-state index in [9.17, 15) is 9.59 Å². The molecule has 0 N–H and O–H groups in total. The van der Waals surface area contributed by atoms with Crippen molar-refractivity contribution in [1.82, 2.24) is 4.90 Å². The average Bonchev–Trinajstić information content (AvgIpc) is 3.00. The highest BCUT2D eigenvalue weighted by molar-refractivity contribution is 6.35. The number of amides is 2. The van der Waals surface area contributed by atoms with E-state index in [0.29, 0.717) is 26.9 Å². The van der Waals surface area contributed by atoms with Crippen molar-refractivity contribution in [1.29, 1.82) is 0 Å². The lowest BCUT2D eigenvalue weighted by Gasteiger charge is -2.41. The third kappa shape index (κ3) is 2.45. The van der Waals surface area contributed by atoms with Crippen LogP contribution in [0, 0.1) is 0 Å². The second-order valence-corrected chi connectivity index (χ2v) is 7.67. The highest BCUT2D eigenvalue weighted by Crippen LogP contribution is 2.45. The zero-order valence-corrected chi connectivity index (χ0v) is 16.1. The summed E-state index contributed by atoms with van der Waals surface area (Å²) in [5.41, 5.74) is 3.35. The molecule has 3 aromatic rings. The van der Waals surface area contributed by atoms with Crippen molar-refractivity contribution in [3.63, 3.8) is 0 Å². The molecule has 0 saturated heterocycles. The monoisotopic (exact) mass is 408 g/mol. The highest BCUT2D eigenvalue weighted by Gasteiger charge is 2.47. The van der Waals surface area contributed by atoms with Gasteiger partial charge in [0.1, 0.15) is 6.17 Å². The van der Waals surface area contributed by atoms with Gasteiger partial charge in [-0.2, -0.15) is 0 Å². The van der Waals surface area contributed by atoms with Gasteiger partial charge in [0.25, 0.3) is 11.8 Å². The summed E-state index contributed by atoms with van der Waals surface area (Å²) in [6.45, 7) is 0.270. The van der Waals surface area contributed by atoms with E-state index < -0.39 is 6.17 Å². The largest absolute Gasteiger partial charge is 0.309 e. The number of hydrogen-bond donors (Lipinski definition) is 0. The predicted octanol–water partition coefficient (Wildman–Crippen LogP) is 5.31. The quantitative estimate of drug-likeness (QED) is 0.576. The molecule has 6 heteroatoms. The first-order chi connectivity index (χ1) is 13.6. The van der Waals surface area contributed by atoms with E-state index in [2.05, 4.69) is 0 Å². The molecule has 138 valence electrons. The normalized spacial score (nSPS) is 17.4. The van der Waals surface area contributed by atoms with Gasteiger partial charge in [0.05, 0.1) is 11.3 Å². The van der Waals surface area contributed by atoms with Crippen LogP contribution in [-0.2, 0) is 6.54 Å². The van der Waals surface area contributed by atoms with Crippen LogP contribution in [0.15, 0.2) is 66.7 Å². The molecule has 28 heavy (non-hydrogen) atoms. The maximum absolute atomic E-state index is 13.4. The van der Waals surface area contributed by atoms with E-state index in [1.165, 1.54) is 0 Å². The first-order valence-electron chi connectivity index (χ1n) is 8.82. The fourth-order valence-corrected chi connectivity index (χ4v) is 4.44. The van der Waals surface area contributed by atoms with Gasteiger partial charge in [-0.1, -0.05) is 59.6 Å². The van der Waals surface area contributed by atoms with Crippen LogP contribution in [0.5, 0.6) is 0 Å². The minimum absolute atomic E-state index is 0.104. The van der Waals surface area contributed by atoms with Crippen molar-refractivity contribution in [2.24, 2.45) is 0 Å². The number of fused-ring (bicyclic) bond motifs is 5. The Bertz CT molecular complexity index is 1140. The SMILES string of the molecule is O=C1c2ccccc2N2C(=O)c3ccccc3C2N1Cc1ccc(Cl)cc1Cl. The summed E-state index contributed by atoms with van der Waals surface area (Å²) in [4.78, 5) is 29.9. The number of benzene rings is 3. The van der Waals surface area contributed by atoms with Crippen molar-refractivity contribution in [2.45, 2.75) is 12.7 Å². The third-order valence-corrected chi connectivity index (χ3v) is 5.83. The molecular weight excluding hydrogens is 395 g/mol. The molecule has 0 saturated carbocycles. The van der Waals surface area contributed by atoms with E-state index in [1.807, 2.05) is 36.4 Å². The van der Waals surface area contributed by atoms with Crippen LogP contribution in [0.3, 0.4) is 0 Å². The van der Waals surface area contributed by atoms with E-state index in [1.54, 1.807) is 40.1 Å². The van der Waals surface area contributed by atoms with Gasteiger partial charge >= 0.3 is 0 Å². The molecule has 0 fully saturated rings. The molecule has 5 rings (SSSR count). The fraction of sp³-hybridized carbons (Fsp3) is 0.0909. The van der Waals surface area contributed by atoms with Gasteiger partial charge < -0.3 is 4.90 Å². The topological polar surface area (TPSA) is 40.6 Å². The van der Waals surface area contributed by atoms with Crippen molar-refractivity contribution in [3.05, 3.63) is 99.0 Å². The summed E-state index contributed by atoms with van der Waals surface area (Å²) in [5, 5.41) is 1.02. The van der Waals surface area contributed by atoms with Crippen LogP contribution in [0.2, 0.25) is 10.0 Å². The van der Waals surface area contributed by atoms with Gasteiger partial charge in [-0.25, -0.2) is 0 Å². The van der Waals surface area contributed by atoms with E-state index >= 15 is 0 Å². The molecule has 0 spiro atoms. The number of anilines is 1. The third-order valence-electron chi connectivity index (χ3n) is 5.24. The molecule has 2 aliphatic rings. The Kier molecular flexibility index (Phi) is 3.93. The van der Waals surface area contributed by atoms with Crippen LogP contribution in [0.4, 0.5) is 5.69 Å². The zero-order chi connectivity index (χ0) is 19.4. The lowest BCUT2D eigenvalue weighted by Crippen LogP contribution is -2.47. The molecule has 2 heterocycles. The maximum Gasteiger partial charge on any atom is 0.260 e. The van der Waals surface area contributed by atoms with Crippen molar-refractivity contribution < 1.29 is 9.59 Å². The summed E-state index contributed by atoms with van der Waals surface area (Å²) in [6.07, 6.45) is -0.502. The second kappa shape index (κ2) is 6.36. The molecule has 1 unspecified atom stereocenters. The van der Waals surface area contributed by atoms with Gasteiger partial charge in [-0.15, -0.1) is 0 Å². The number of rotatable bonds is 2. The molecule has 0 aliphatic carbocycles. The molecule has 4 nitrogen and oxygen atoms in total. The lowest BCUT2D eigenvalue weighted by atomic mass is 10.0. The predicted molar refractivity (Wildman–Crippen MR) is 109 cm³/mol. The number of halogens is 2. The fourth-order valence-electron chi connectivity index (χ4n) is 3.97. The number of carbonyl (C=O) groups excluding carboxylic acids is 2. The Hall–Kier alpha value is -2.82. The average molecular weight is 409 g/mol. The summed E-state index contributed by atoms with van der Waals surface area (Å²) in [5.74, 6) is -0.236. The minimum atomic E-state index is -0.502. The van der Waals surface area contributed by atoms with Crippen LogP contribution in [-0.4, -0.2) is 16.7 Å². The van der Waals surface area contributed by atoms with E-state index in [0.717, 1.165) is 11.1 Å². The Morgan fingerprint density at radius 3 is 2.32 bits per heavy atom. The smallest absolute Gasteiger partial charge is 0.260 e. The Morgan fingerprint density at radius 2 is 1.54 bits per heavy atom. The van der Waals surface area contributed by atoms with Gasteiger partial charge in [0.2, 0.25) is 0 Å². The maximum atomic E-state index is 13.4. The highest BCUT2D eigenvalue weighted by atomic mass is 35.5. The Morgan fingerprint density at radius 1 is 0.821 bits per heavy atom. The number of hydrogen-bond acceptors (Lipinski definition) is 2. The molecule has 0 aromatic heterocycles. The standard InChI is InChI=1S/C22H14Cl2N2O2/c23-14-10-9-13(18(24)11-14)12-25-20-15-5-1-2-6-16(15)22(28)26(20)19-8-4-3-7-17(19)21(25)27/h1-11,20H,12H2. The van der Waals surface area contributed by atoms with Gasteiger partial charge in [0, 0.05) is 27.7 Å². The van der Waals surface area contributed by atoms with Crippen LogP contribution in [0.1, 0.15) is 38.0 Å². The van der Waals surface area contributed by atoms with Gasteiger partial charge in [0.15, 0.2) is 0 Å². The first kappa shape index (κ1) is 17.3. The number of nitrogens with zero attached hydrogens (tertiary/aromatic N) is 2. The number of para-hydroxylation sites is 1. The zero-order valence-electron chi connectivity index (χ0n) is 14.6. The summed E-state index contributed by atoms with van der Waals surface area (Å²) < 4.78 is 0. The molecule has 1 atom stereocenters. The molecular formula is C22H14Cl2N2O2.